The number of carbonyl (C=O) groups is 1. The van der Waals surface area contributed by atoms with E-state index in [0.29, 0.717) is 38.3 Å². The summed E-state index contributed by atoms with van der Waals surface area (Å²) in [6, 6.07) is 4.78. The molecule has 1 aromatic rings. The first-order valence-corrected chi connectivity index (χ1v) is 9.76. The summed E-state index contributed by atoms with van der Waals surface area (Å²) in [5.41, 5.74) is 1.22. The van der Waals surface area contributed by atoms with Crippen LogP contribution in [0.3, 0.4) is 0 Å². The number of hydrogen-bond acceptors (Lipinski definition) is 4. The summed E-state index contributed by atoms with van der Waals surface area (Å²) in [4.78, 5) is 14.7. The number of carbonyl (C=O) groups excluding carboxylic acids is 1. The van der Waals surface area contributed by atoms with Gasteiger partial charge in [0.25, 0.3) is 5.91 Å². The normalized spacial score (nSPS) is 18.9. The molecular weight excluding hydrogens is 328 g/mol. The van der Waals surface area contributed by atoms with Gasteiger partial charge in [-0.05, 0) is 31.5 Å². The van der Waals surface area contributed by atoms with E-state index in [1.165, 1.54) is 10.4 Å². The second-order valence-corrected chi connectivity index (χ2v) is 7.94. The molecule has 7 heteroatoms. The average molecular weight is 354 g/mol. The van der Waals surface area contributed by atoms with Gasteiger partial charge in [0.1, 0.15) is 0 Å². The molecule has 1 atom stereocenters. The third-order valence-electron chi connectivity index (χ3n) is 4.31. The van der Waals surface area contributed by atoms with Crippen molar-refractivity contribution < 1.29 is 17.9 Å². The Bertz CT molecular complexity index is 699. The highest BCUT2D eigenvalue weighted by Crippen LogP contribution is 2.21. The van der Waals surface area contributed by atoms with Crippen LogP contribution >= 0.6 is 0 Å². The minimum absolute atomic E-state index is 0.00871. The Labute approximate surface area is 144 Å². The zero-order valence-corrected chi connectivity index (χ0v) is 15.6. The van der Waals surface area contributed by atoms with Gasteiger partial charge in [0.05, 0.1) is 17.6 Å². The molecule has 0 aliphatic carbocycles. The van der Waals surface area contributed by atoms with Gasteiger partial charge in [0.15, 0.2) is 0 Å². The van der Waals surface area contributed by atoms with E-state index in [1.54, 1.807) is 30.9 Å². The van der Waals surface area contributed by atoms with Crippen LogP contribution in [0.5, 0.6) is 0 Å². The van der Waals surface area contributed by atoms with Crippen molar-refractivity contribution in [3.05, 3.63) is 29.3 Å². The van der Waals surface area contributed by atoms with Gasteiger partial charge >= 0.3 is 0 Å². The lowest BCUT2D eigenvalue weighted by Crippen LogP contribution is -2.44. The van der Waals surface area contributed by atoms with Crippen LogP contribution in [0, 0.1) is 6.92 Å². The van der Waals surface area contributed by atoms with E-state index >= 15 is 0 Å². The van der Waals surface area contributed by atoms with E-state index in [0.717, 1.165) is 5.56 Å². The Morgan fingerprint density at radius 2 is 2.00 bits per heavy atom. The number of aryl methyl sites for hydroxylation is 1. The molecule has 1 aliphatic rings. The first kappa shape index (κ1) is 18.9. The summed E-state index contributed by atoms with van der Waals surface area (Å²) in [6.07, 6.45) is -0.00871. The van der Waals surface area contributed by atoms with E-state index in [9.17, 15) is 13.2 Å². The molecule has 24 heavy (non-hydrogen) atoms. The predicted octanol–water partition coefficient (Wildman–Crippen LogP) is 1.89. The van der Waals surface area contributed by atoms with Crippen molar-refractivity contribution in [1.29, 1.82) is 0 Å². The van der Waals surface area contributed by atoms with Gasteiger partial charge in [-0.3, -0.25) is 4.79 Å². The monoisotopic (exact) mass is 354 g/mol. The highest BCUT2D eigenvalue weighted by Gasteiger charge is 2.27. The van der Waals surface area contributed by atoms with Crippen molar-refractivity contribution in [1.82, 2.24) is 9.21 Å². The summed E-state index contributed by atoms with van der Waals surface area (Å²) in [6.45, 7) is 9.70. The number of rotatable bonds is 5. The minimum Gasteiger partial charge on any atom is -0.375 e. The van der Waals surface area contributed by atoms with Crippen LogP contribution in [0.4, 0.5) is 0 Å². The third-order valence-corrected chi connectivity index (χ3v) is 6.36. The molecule has 0 saturated carbocycles. The Kier molecular flexibility index (Phi) is 6.01. The lowest BCUT2D eigenvalue weighted by atomic mass is 10.1. The second kappa shape index (κ2) is 7.63. The fourth-order valence-corrected chi connectivity index (χ4v) is 4.36. The lowest BCUT2D eigenvalue weighted by molar-refractivity contribution is -0.0124. The molecule has 0 aromatic heterocycles. The van der Waals surface area contributed by atoms with Gasteiger partial charge in [-0.2, -0.15) is 4.31 Å². The molecule has 1 heterocycles. The molecule has 0 spiro atoms. The number of ether oxygens (including phenoxy) is 1. The molecule has 2 rings (SSSR count). The zero-order chi connectivity index (χ0) is 17.9. The first-order chi connectivity index (χ1) is 11.3. The van der Waals surface area contributed by atoms with E-state index in [4.69, 9.17) is 4.74 Å². The van der Waals surface area contributed by atoms with E-state index in [-0.39, 0.29) is 16.9 Å². The van der Waals surface area contributed by atoms with Gasteiger partial charge in [-0.1, -0.05) is 19.9 Å². The number of amides is 1. The van der Waals surface area contributed by atoms with Crippen LogP contribution in [0.1, 0.15) is 36.7 Å². The van der Waals surface area contributed by atoms with Gasteiger partial charge in [-0.15, -0.1) is 0 Å². The van der Waals surface area contributed by atoms with Crippen LogP contribution in [0.2, 0.25) is 0 Å². The minimum atomic E-state index is -3.58. The predicted molar refractivity (Wildman–Crippen MR) is 92.6 cm³/mol. The van der Waals surface area contributed by atoms with Crippen LogP contribution in [0.25, 0.3) is 0 Å². The average Bonchev–Trinajstić information content (AvgIpc) is 2.55. The highest BCUT2D eigenvalue weighted by atomic mass is 32.2. The van der Waals surface area contributed by atoms with Gasteiger partial charge in [-0.25, -0.2) is 8.42 Å². The highest BCUT2D eigenvalue weighted by molar-refractivity contribution is 7.89. The number of morpholine rings is 1. The molecule has 1 saturated heterocycles. The molecule has 1 fully saturated rings. The van der Waals surface area contributed by atoms with Crippen LogP contribution in [-0.2, 0) is 14.8 Å². The molecule has 0 bridgehead atoms. The first-order valence-electron chi connectivity index (χ1n) is 8.32. The molecule has 1 unspecified atom stereocenters. The summed E-state index contributed by atoms with van der Waals surface area (Å²) < 4.78 is 32.2. The maximum atomic E-state index is 12.8. The number of nitrogens with zero attached hydrogens (tertiary/aromatic N) is 2. The Morgan fingerprint density at radius 3 is 2.58 bits per heavy atom. The largest absolute Gasteiger partial charge is 0.375 e. The van der Waals surface area contributed by atoms with E-state index < -0.39 is 10.0 Å². The quantitative estimate of drug-likeness (QED) is 0.810. The Balaban J connectivity index is 2.37. The maximum absolute atomic E-state index is 12.8. The molecule has 1 aromatic carbocycles. The second-order valence-electron chi connectivity index (χ2n) is 6.00. The molecule has 134 valence electrons. The van der Waals surface area contributed by atoms with Crippen molar-refractivity contribution in [3.8, 4) is 0 Å². The summed E-state index contributed by atoms with van der Waals surface area (Å²) in [5.74, 6) is -0.140. The molecule has 1 aliphatic heterocycles. The lowest BCUT2D eigenvalue weighted by Gasteiger charge is -2.31. The zero-order valence-electron chi connectivity index (χ0n) is 14.8. The SMILES string of the molecule is CCN(CC)S(=O)(=O)c1ccc(C)c(C(=O)N2CCOC(C)C2)c1. The van der Waals surface area contributed by atoms with Crippen LogP contribution < -0.4 is 0 Å². The fraction of sp³-hybridized carbons (Fsp3) is 0.588. The van der Waals surface area contributed by atoms with Gasteiger partial charge in [0.2, 0.25) is 10.0 Å². The third kappa shape index (κ3) is 3.79. The van der Waals surface area contributed by atoms with Gasteiger partial charge < -0.3 is 9.64 Å². The van der Waals surface area contributed by atoms with Crippen LogP contribution in [0.15, 0.2) is 23.1 Å². The standard InChI is InChI=1S/C17H26N2O4S/c1-5-19(6-2)24(21,22)15-8-7-13(3)16(11-15)17(20)18-9-10-23-14(4)12-18/h7-8,11,14H,5-6,9-10,12H2,1-4H3. The van der Waals surface area contributed by atoms with E-state index in [1.807, 2.05) is 13.8 Å². The topological polar surface area (TPSA) is 66.9 Å². The number of hydrogen-bond donors (Lipinski definition) is 0. The molecule has 0 N–H and O–H groups in total. The van der Waals surface area contributed by atoms with Crippen molar-refractivity contribution in [2.75, 3.05) is 32.8 Å². The molecule has 1 amide bonds. The molecular formula is C17H26N2O4S. The van der Waals surface area contributed by atoms with Crippen molar-refractivity contribution in [2.45, 2.75) is 38.7 Å². The fourth-order valence-electron chi connectivity index (χ4n) is 2.88. The Hall–Kier alpha value is -1.44. The Morgan fingerprint density at radius 1 is 1.33 bits per heavy atom. The van der Waals surface area contributed by atoms with Gasteiger partial charge in [0, 0.05) is 31.7 Å². The summed E-state index contributed by atoms with van der Waals surface area (Å²) in [5, 5.41) is 0. The number of benzene rings is 1. The smallest absolute Gasteiger partial charge is 0.254 e. The number of sulfonamides is 1. The maximum Gasteiger partial charge on any atom is 0.254 e. The summed E-state index contributed by atoms with van der Waals surface area (Å²) in [7, 11) is -3.58. The van der Waals surface area contributed by atoms with Crippen molar-refractivity contribution >= 4 is 15.9 Å². The molecule has 6 nitrogen and oxygen atoms in total. The summed E-state index contributed by atoms with van der Waals surface area (Å²) >= 11 is 0. The van der Waals surface area contributed by atoms with Crippen molar-refractivity contribution in [3.63, 3.8) is 0 Å². The van der Waals surface area contributed by atoms with E-state index in [2.05, 4.69) is 0 Å². The molecule has 0 radical (unpaired) electrons. The van der Waals surface area contributed by atoms with Crippen LogP contribution in [-0.4, -0.2) is 62.4 Å². The van der Waals surface area contributed by atoms with Crippen molar-refractivity contribution in [2.24, 2.45) is 0 Å².